The number of hydrogen-bond donors (Lipinski definition) is 1. The van der Waals surface area contributed by atoms with Gasteiger partial charge in [-0.25, -0.2) is 4.39 Å². The van der Waals surface area contributed by atoms with Gasteiger partial charge in [0, 0.05) is 17.4 Å². The van der Waals surface area contributed by atoms with Gasteiger partial charge in [-0.15, -0.1) is 11.8 Å². The normalized spacial score (nSPS) is 13.5. The molecule has 4 nitrogen and oxygen atoms in total. The van der Waals surface area contributed by atoms with E-state index in [4.69, 9.17) is 16.1 Å². The zero-order valence-electron chi connectivity index (χ0n) is 14.4. The van der Waals surface area contributed by atoms with Crippen molar-refractivity contribution in [3.05, 3.63) is 76.6 Å². The Morgan fingerprint density at radius 1 is 1.23 bits per heavy atom. The van der Waals surface area contributed by atoms with E-state index in [0.717, 1.165) is 10.5 Å². The van der Waals surface area contributed by atoms with Crippen molar-refractivity contribution in [3.63, 3.8) is 0 Å². The van der Waals surface area contributed by atoms with Crippen molar-refractivity contribution >= 4 is 23.4 Å². The third-order valence-corrected chi connectivity index (χ3v) is 5.46. The fourth-order valence-electron chi connectivity index (χ4n) is 2.41. The topological polar surface area (TPSA) is 51.0 Å². The zero-order chi connectivity index (χ0) is 18.5. The van der Waals surface area contributed by atoms with E-state index in [0.29, 0.717) is 18.1 Å². The average molecular weight is 392 g/mol. The Kier molecular flexibility index (Phi) is 6.29. The van der Waals surface area contributed by atoms with Crippen molar-refractivity contribution in [1.82, 2.24) is 15.5 Å². The van der Waals surface area contributed by atoms with Crippen LogP contribution in [0.15, 0.2) is 57.9 Å². The van der Waals surface area contributed by atoms with Crippen LogP contribution < -0.4 is 5.32 Å². The van der Waals surface area contributed by atoms with Crippen LogP contribution >= 0.6 is 23.4 Å². The van der Waals surface area contributed by atoms with E-state index in [1.807, 2.05) is 37.4 Å². The maximum atomic E-state index is 13.5. The van der Waals surface area contributed by atoms with E-state index < -0.39 is 5.82 Å². The summed E-state index contributed by atoms with van der Waals surface area (Å²) < 4.78 is 19.0. The van der Waals surface area contributed by atoms with Crippen LogP contribution in [0.5, 0.6) is 0 Å². The maximum Gasteiger partial charge on any atom is 0.244 e. The molecule has 0 aliphatic heterocycles. The molecule has 2 aromatic carbocycles. The zero-order valence-corrected chi connectivity index (χ0v) is 16.0. The minimum atomic E-state index is -0.437. The highest BCUT2D eigenvalue weighted by molar-refractivity contribution is 7.99. The van der Waals surface area contributed by atoms with Crippen molar-refractivity contribution in [2.45, 2.75) is 29.5 Å². The van der Waals surface area contributed by atoms with Crippen molar-refractivity contribution in [2.75, 3.05) is 7.05 Å². The monoisotopic (exact) mass is 391 g/mol. The quantitative estimate of drug-likeness (QED) is 0.581. The van der Waals surface area contributed by atoms with Crippen molar-refractivity contribution in [3.8, 4) is 0 Å². The second kappa shape index (κ2) is 8.66. The van der Waals surface area contributed by atoms with E-state index in [2.05, 4.69) is 22.4 Å². The molecule has 3 rings (SSSR count). The van der Waals surface area contributed by atoms with E-state index >= 15 is 0 Å². The molecule has 0 fully saturated rings. The number of rotatable bonds is 7. The Balaban J connectivity index is 1.90. The number of benzene rings is 2. The van der Waals surface area contributed by atoms with Crippen LogP contribution in [0, 0.1) is 5.82 Å². The molecule has 2 atom stereocenters. The predicted molar refractivity (Wildman–Crippen MR) is 102 cm³/mol. The summed E-state index contributed by atoms with van der Waals surface area (Å²) in [5, 5.41) is 7.14. The Morgan fingerprint density at radius 3 is 2.69 bits per heavy atom. The molecule has 0 amide bonds. The molecule has 1 N–H and O–H groups in total. The molecule has 136 valence electrons. The third kappa shape index (κ3) is 4.63. The van der Waals surface area contributed by atoms with Crippen LogP contribution in [0.4, 0.5) is 4.39 Å². The lowest BCUT2D eigenvalue weighted by molar-refractivity contribution is 0.375. The first-order chi connectivity index (χ1) is 12.6. The van der Waals surface area contributed by atoms with E-state index in [-0.39, 0.29) is 16.3 Å². The number of thioether (sulfide) groups is 1. The summed E-state index contributed by atoms with van der Waals surface area (Å²) in [6.07, 6.45) is 0.675. The second-order valence-electron chi connectivity index (χ2n) is 5.93. The van der Waals surface area contributed by atoms with Crippen molar-refractivity contribution in [1.29, 1.82) is 0 Å². The summed E-state index contributed by atoms with van der Waals surface area (Å²) >= 11 is 7.41. The first-order valence-corrected chi connectivity index (χ1v) is 9.49. The van der Waals surface area contributed by atoms with Crippen LogP contribution in [0.2, 0.25) is 5.02 Å². The van der Waals surface area contributed by atoms with Gasteiger partial charge < -0.3 is 9.84 Å². The van der Waals surface area contributed by atoms with Gasteiger partial charge >= 0.3 is 0 Å². The fourth-order valence-corrected chi connectivity index (χ4v) is 3.75. The van der Waals surface area contributed by atoms with Gasteiger partial charge in [0.05, 0.1) is 5.02 Å². The number of likely N-dealkylation sites (N-methyl/N-ethyl adjacent to an activating group) is 1. The van der Waals surface area contributed by atoms with Gasteiger partial charge in [-0.3, -0.25) is 0 Å². The Hall–Kier alpha value is -1.89. The molecule has 26 heavy (non-hydrogen) atoms. The summed E-state index contributed by atoms with van der Waals surface area (Å²) in [4.78, 5) is 5.39. The molecule has 0 radical (unpaired) electrons. The molecule has 0 spiro atoms. The van der Waals surface area contributed by atoms with Crippen LogP contribution in [0.25, 0.3) is 0 Å². The molecular formula is C19H19ClFN3OS. The van der Waals surface area contributed by atoms with Crippen LogP contribution in [0.1, 0.15) is 29.5 Å². The van der Waals surface area contributed by atoms with Gasteiger partial charge in [-0.05, 0) is 37.7 Å². The Labute approximate surface area is 161 Å². The summed E-state index contributed by atoms with van der Waals surface area (Å²) in [7, 11) is 1.90. The van der Waals surface area contributed by atoms with Crippen LogP contribution in [0.3, 0.4) is 0 Å². The molecule has 0 saturated heterocycles. The molecule has 0 aliphatic rings. The molecule has 0 saturated carbocycles. The first-order valence-electron chi connectivity index (χ1n) is 8.23. The molecule has 1 aromatic heterocycles. The fraction of sp³-hybridized carbons (Fsp3) is 0.263. The van der Waals surface area contributed by atoms with Crippen LogP contribution in [-0.4, -0.2) is 23.2 Å². The summed E-state index contributed by atoms with van der Waals surface area (Å²) in [5.74, 6) is 0.730. The van der Waals surface area contributed by atoms with Crippen molar-refractivity contribution in [2.24, 2.45) is 0 Å². The molecule has 0 bridgehead atoms. The summed E-state index contributed by atoms with van der Waals surface area (Å²) in [5.41, 5.74) is 1.02. The number of aromatic nitrogens is 2. The van der Waals surface area contributed by atoms with Gasteiger partial charge in [0.15, 0.2) is 5.82 Å². The van der Waals surface area contributed by atoms with Gasteiger partial charge in [0.25, 0.3) is 0 Å². The number of hydrogen-bond acceptors (Lipinski definition) is 5. The van der Waals surface area contributed by atoms with Crippen LogP contribution in [-0.2, 0) is 6.42 Å². The highest BCUT2D eigenvalue weighted by Crippen LogP contribution is 2.40. The molecule has 1 heterocycles. The molecule has 0 aliphatic carbocycles. The number of halogens is 2. The van der Waals surface area contributed by atoms with E-state index in [9.17, 15) is 4.39 Å². The molecule has 3 aromatic rings. The smallest absolute Gasteiger partial charge is 0.244 e. The maximum absolute atomic E-state index is 13.5. The highest BCUT2D eigenvalue weighted by atomic mass is 35.5. The largest absolute Gasteiger partial charge is 0.338 e. The lowest BCUT2D eigenvalue weighted by Crippen LogP contribution is -2.24. The first kappa shape index (κ1) is 18.9. The minimum absolute atomic E-state index is 0.0934. The van der Waals surface area contributed by atoms with Gasteiger partial charge in [-0.2, -0.15) is 4.98 Å². The Bertz CT molecular complexity index is 859. The highest BCUT2D eigenvalue weighted by Gasteiger charge is 2.23. The standard InChI is InChI=1S/C19H19ClFN3OS/c1-12(22-2)10-17-23-19(25-24-17)18(13-6-4-3-5-7-13)26-14-8-9-16(21)15(20)11-14/h3-9,11-12,18,22H,10H2,1-2H3. The second-order valence-corrected chi connectivity index (χ2v) is 7.51. The lowest BCUT2D eigenvalue weighted by atomic mass is 10.1. The number of nitrogens with zero attached hydrogens (tertiary/aromatic N) is 2. The number of nitrogens with one attached hydrogen (secondary N) is 1. The summed E-state index contributed by atoms with van der Waals surface area (Å²) in [6, 6.07) is 14.8. The predicted octanol–water partition coefficient (Wildman–Crippen LogP) is 4.89. The Morgan fingerprint density at radius 2 is 2.00 bits per heavy atom. The lowest BCUT2D eigenvalue weighted by Gasteiger charge is -2.13. The average Bonchev–Trinajstić information content (AvgIpc) is 3.11. The van der Waals surface area contributed by atoms with Gasteiger partial charge in [-0.1, -0.05) is 47.1 Å². The molecular weight excluding hydrogens is 373 g/mol. The van der Waals surface area contributed by atoms with E-state index in [1.165, 1.54) is 17.8 Å². The SMILES string of the molecule is CNC(C)Cc1noc(C(Sc2ccc(F)c(Cl)c2)c2ccccc2)n1. The third-order valence-electron chi connectivity index (χ3n) is 3.94. The molecule has 7 heteroatoms. The minimum Gasteiger partial charge on any atom is -0.338 e. The van der Waals surface area contributed by atoms with Gasteiger partial charge in [0.1, 0.15) is 11.1 Å². The van der Waals surface area contributed by atoms with Crippen molar-refractivity contribution < 1.29 is 8.91 Å². The van der Waals surface area contributed by atoms with E-state index in [1.54, 1.807) is 12.1 Å². The summed E-state index contributed by atoms with van der Waals surface area (Å²) in [6.45, 7) is 2.06. The van der Waals surface area contributed by atoms with Gasteiger partial charge in [0.2, 0.25) is 5.89 Å². The molecule has 2 unspecified atom stereocenters.